The van der Waals surface area contributed by atoms with E-state index in [0.29, 0.717) is 36.5 Å². The van der Waals surface area contributed by atoms with E-state index in [1.807, 2.05) is 61.5 Å². The molecule has 0 saturated carbocycles. The Morgan fingerprint density at radius 1 is 1.06 bits per heavy atom. The van der Waals surface area contributed by atoms with Crippen LogP contribution in [0.15, 0.2) is 77.4 Å². The molecule has 2 aromatic rings. The lowest BCUT2D eigenvalue weighted by atomic mass is 9.73. The van der Waals surface area contributed by atoms with Crippen molar-refractivity contribution in [3.8, 4) is 5.75 Å². The second kappa shape index (κ2) is 8.68. The number of carbonyl (C=O) groups excluding carboxylic acids is 2. The van der Waals surface area contributed by atoms with E-state index in [-0.39, 0.29) is 23.2 Å². The largest absolute Gasteiger partial charge is 0.494 e. The van der Waals surface area contributed by atoms with E-state index in [9.17, 15) is 9.59 Å². The van der Waals surface area contributed by atoms with Crippen molar-refractivity contribution < 1.29 is 23.8 Å². The second-order valence-corrected chi connectivity index (χ2v) is 7.58. The fourth-order valence-electron chi connectivity index (χ4n) is 4.33. The predicted molar refractivity (Wildman–Crippen MR) is 115 cm³/mol. The molecule has 0 radical (unpaired) electrons. The number of rotatable bonds is 5. The Kier molecular flexibility index (Phi) is 5.80. The van der Waals surface area contributed by atoms with Crippen molar-refractivity contribution in [2.24, 2.45) is 5.73 Å². The molecular weight excluding hydrogens is 394 g/mol. The van der Waals surface area contributed by atoms with Gasteiger partial charge in [-0.05, 0) is 36.1 Å². The average Bonchev–Trinajstić information content (AvgIpc) is 2.79. The van der Waals surface area contributed by atoms with Gasteiger partial charge in [0.05, 0.1) is 19.6 Å². The summed E-state index contributed by atoms with van der Waals surface area (Å²) in [6.45, 7) is 2.46. The van der Waals surface area contributed by atoms with Gasteiger partial charge >= 0.3 is 5.97 Å². The van der Waals surface area contributed by atoms with Crippen molar-refractivity contribution in [2.75, 3.05) is 13.7 Å². The first-order valence-corrected chi connectivity index (χ1v) is 10.3. The van der Waals surface area contributed by atoms with Crippen LogP contribution in [0.1, 0.15) is 42.7 Å². The van der Waals surface area contributed by atoms with E-state index in [1.165, 1.54) is 7.11 Å². The molecule has 2 atom stereocenters. The molecule has 1 aliphatic heterocycles. The topological polar surface area (TPSA) is 87.8 Å². The Morgan fingerprint density at radius 3 is 2.42 bits per heavy atom. The number of carbonyl (C=O) groups is 2. The third-order valence-corrected chi connectivity index (χ3v) is 5.74. The molecular formula is C25H25NO5. The highest BCUT2D eigenvalue weighted by Gasteiger charge is 2.43. The molecule has 0 aromatic heterocycles. The molecule has 0 bridgehead atoms. The first kappa shape index (κ1) is 20.7. The molecule has 1 aliphatic carbocycles. The van der Waals surface area contributed by atoms with Crippen LogP contribution in [0.25, 0.3) is 0 Å². The highest BCUT2D eigenvalue weighted by molar-refractivity contribution is 6.03. The molecule has 2 N–H and O–H groups in total. The second-order valence-electron chi connectivity index (χ2n) is 7.58. The van der Waals surface area contributed by atoms with Gasteiger partial charge in [-0.25, -0.2) is 4.79 Å². The summed E-state index contributed by atoms with van der Waals surface area (Å²) in [7, 11) is 1.29. The maximum absolute atomic E-state index is 13.4. The standard InChI is InChI=1S/C25H25NO5/c1-3-30-18-11-9-16(10-12-18)21-22-19(27)13-17(15-7-5-4-6-8-15)14-20(22)31-24(26)23(21)25(28)29-2/h4-12,17,21H,3,13-14,26H2,1-2H3/t17-,21-/m1/s1. The van der Waals surface area contributed by atoms with Crippen LogP contribution in [0.2, 0.25) is 0 Å². The average molecular weight is 419 g/mol. The van der Waals surface area contributed by atoms with E-state index >= 15 is 0 Å². The highest BCUT2D eigenvalue weighted by Crippen LogP contribution is 2.47. The molecule has 0 amide bonds. The molecule has 6 heteroatoms. The quantitative estimate of drug-likeness (QED) is 0.739. The summed E-state index contributed by atoms with van der Waals surface area (Å²) in [6, 6.07) is 17.2. The summed E-state index contributed by atoms with van der Waals surface area (Å²) < 4.78 is 16.3. The Balaban J connectivity index is 1.78. The lowest BCUT2D eigenvalue weighted by Gasteiger charge is -2.35. The number of ketones is 1. The van der Waals surface area contributed by atoms with Gasteiger partial charge in [0, 0.05) is 18.4 Å². The number of methoxy groups -OCH3 is 1. The van der Waals surface area contributed by atoms with Crippen molar-refractivity contribution in [1.29, 1.82) is 0 Å². The summed E-state index contributed by atoms with van der Waals surface area (Å²) >= 11 is 0. The number of esters is 1. The van der Waals surface area contributed by atoms with Crippen molar-refractivity contribution in [3.05, 3.63) is 88.5 Å². The zero-order valence-electron chi connectivity index (χ0n) is 17.6. The van der Waals surface area contributed by atoms with Gasteiger partial charge in [0.25, 0.3) is 0 Å². The molecule has 0 unspecified atom stereocenters. The number of allylic oxidation sites excluding steroid dienone is 2. The monoisotopic (exact) mass is 419 g/mol. The van der Waals surface area contributed by atoms with Crippen LogP contribution in [0, 0.1) is 0 Å². The minimum absolute atomic E-state index is 0.000840. The maximum Gasteiger partial charge on any atom is 0.340 e. The summed E-state index contributed by atoms with van der Waals surface area (Å²) in [5, 5.41) is 0. The minimum Gasteiger partial charge on any atom is -0.494 e. The van der Waals surface area contributed by atoms with Crippen molar-refractivity contribution in [1.82, 2.24) is 0 Å². The Morgan fingerprint density at radius 2 is 1.77 bits per heavy atom. The van der Waals surface area contributed by atoms with Gasteiger partial charge in [0.15, 0.2) is 5.78 Å². The first-order valence-electron chi connectivity index (χ1n) is 10.3. The van der Waals surface area contributed by atoms with Crippen LogP contribution in [-0.4, -0.2) is 25.5 Å². The molecule has 160 valence electrons. The predicted octanol–water partition coefficient (Wildman–Crippen LogP) is 3.94. The smallest absolute Gasteiger partial charge is 0.340 e. The zero-order valence-corrected chi connectivity index (χ0v) is 17.6. The molecule has 31 heavy (non-hydrogen) atoms. The first-order chi connectivity index (χ1) is 15.0. The van der Waals surface area contributed by atoms with Crippen molar-refractivity contribution in [3.63, 3.8) is 0 Å². The van der Waals surface area contributed by atoms with Gasteiger partial charge in [-0.1, -0.05) is 42.5 Å². The number of nitrogens with two attached hydrogens (primary N) is 1. The van der Waals surface area contributed by atoms with Gasteiger partial charge in [0.1, 0.15) is 17.1 Å². The molecule has 0 saturated heterocycles. The van der Waals surface area contributed by atoms with E-state index in [1.54, 1.807) is 0 Å². The third kappa shape index (κ3) is 3.93. The summed E-state index contributed by atoms with van der Waals surface area (Å²) in [5.41, 5.74) is 8.64. The van der Waals surface area contributed by atoms with Crippen LogP contribution in [0.5, 0.6) is 5.75 Å². The fraction of sp³-hybridized carbons (Fsp3) is 0.280. The minimum atomic E-state index is -0.643. The van der Waals surface area contributed by atoms with E-state index < -0.39 is 11.9 Å². The van der Waals surface area contributed by atoms with Gasteiger partial charge in [-0.3, -0.25) is 4.79 Å². The normalized spacial score (nSPS) is 20.8. The number of ether oxygens (including phenoxy) is 3. The molecule has 4 rings (SSSR count). The van der Waals surface area contributed by atoms with Crippen molar-refractivity contribution in [2.45, 2.75) is 31.6 Å². The van der Waals surface area contributed by atoms with Crippen LogP contribution < -0.4 is 10.5 Å². The van der Waals surface area contributed by atoms with Crippen LogP contribution in [0.3, 0.4) is 0 Å². The van der Waals surface area contributed by atoms with E-state index in [4.69, 9.17) is 19.9 Å². The fourth-order valence-corrected chi connectivity index (χ4v) is 4.33. The lowest BCUT2D eigenvalue weighted by Crippen LogP contribution is -2.32. The molecule has 2 aliphatic rings. The van der Waals surface area contributed by atoms with Gasteiger partial charge < -0.3 is 19.9 Å². The number of hydrogen-bond donors (Lipinski definition) is 1. The van der Waals surface area contributed by atoms with Crippen LogP contribution in [-0.2, 0) is 19.1 Å². The lowest BCUT2D eigenvalue weighted by molar-refractivity contribution is -0.136. The SMILES string of the molecule is CCOc1ccc([C@H]2C(C(=O)OC)=C(N)OC3=C2C(=O)C[C@@H](c2ccccc2)C3)cc1. The van der Waals surface area contributed by atoms with Crippen LogP contribution in [0.4, 0.5) is 0 Å². The molecule has 6 nitrogen and oxygen atoms in total. The summed E-state index contributed by atoms with van der Waals surface area (Å²) in [4.78, 5) is 25.9. The highest BCUT2D eigenvalue weighted by atomic mass is 16.5. The van der Waals surface area contributed by atoms with Crippen molar-refractivity contribution >= 4 is 11.8 Å². The number of hydrogen-bond acceptors (Lipinski definition) is 6. The number of benzene rings is 2. The molecule has 0 spiro atoms. The van der Waals surface area contributed by atoms with E-state index in [0.717, 1.165) is 11.1 Å². The van der Waals surface area contributed by atoms with Gasteiger partial charge in [-0.2, -0.15) is 0 Å². The Hall–Kier alpha value is -3.54. The Bertz CT molecular complexity index is 1050. The molecule has 1 heterocycles. The van der Waals surface area contributed by atoms with Crippen LogP contribution >= 0.6 is 0 Å². The molecule has 0 fully saturated rings. The Labute approximate surface area is 181 Å². The summed E-state index contributed by atoms with van der Waals surface area (Å²) in [5.74, 6) is -0.0934. The summed E-state index contributed by atoms with van der Waals surface area (Å²) in [6.07, 6.45) is 0.877. The zero-order chi connectivity index (χ0) is 22.0. The van der Waals surface area contributed by atoms with Gasteiger partial charge in [-0.15, -0.1) is 0 Å². The number of Topliss-reactive ketones (excluding diaryl/α,β-unsaturated/α-hetero) is 1. The maximum atomic E-state index is 13.4. The molecule has 2 aromatic carbocycles. The van der Waals surface area contributed by atoms with Gasteiger partial charge in [0.2, 0.25) is 5.88 Å². The third-order valence-electron chi connectivity index (χ3n) is 5.74. The van der Waals surface area contributed by atoms with E-state index in [2.05, 4.69) is 0 Å².